The molecule has 0 saturated carbocycles. The van der Waals surface area contributed by atoms with Gasteiger partial charge < -0.3 is 4.74 Å². The maximum atomic E-state index is 12.0. The first-order valence-electron chi connectivity index (χ1n) is 6.33. The Kier molecular flexibility index (Phi) is 5.40. The van der Waals surface area contributed by atoms with Gasteiger partial charge in [0.1, 0.15) is 11.8 Å². The summed E-state index contributed by atoms with van der Waals surface area (Å²) in [5, 5.41) is 8.51. The molecule has 20 heavy (non-hydrogen) atoms. The quantitative estimate of drug-likeness (QED) is 0.875. The van der Waals surface area contributed by atoms with E-state index in [1.165, 1.54) is 0 Å². The molecule has 1 N–H and O–H groups in total. The highest BCUT2D eigenvalue weighted by Gasteiger charge is 2.18. The van der Waals surface area contributed by atoms with Gasteiger partial charge in [0.2, 0.25) is 10.0 Å². The molecule has 0 aromatic heterocycles. The van der Waals surface area contributed by atoms with Crippen LogP contribution < -0.4 is 9.46 Å². The molecule has 0 saturated heterocycles. The van der Waals surface area contributed by atoms with Gasteiger partial charge in [-0.2, -0.15) is 5.26 Å². The Balaban J connectivity index is 2.79. The van der Waals surface area contributed by atoms with Gasteiger partial charge in [0, 0.05) is 0 Å². The van der Waals surface area contributed by atoms with Crippen molar-refractivity contribution in [3.05, 3.63) is 24.3 Å². The fraction of sp³-hybridized carbons (Fsp3) is 0.500. The predicted molar refractivity (Wildman–Crippen MR) is 79.0 cm³/mol. The number of nitrogens with zero attached hydrogens (tertiary/aromatic N) is 1. The first-order valence-corrected chi connectivity index (χ1v) is 7.98. The minimum Gasteiger partial charge on any atom is -0.477 e. The van der Waals surface area contributed by atoms with Crippen molar-refractivity contribution in [3.8, 4) is 11.8 Å². The van der Waals surface area contributed by atoms with E-state index < -0.39 is 10.0 Å². The molecule has 1 rings (SSSR count). The third kappa shape index (κ3) is 5.93. The molecular weight excluding hydrogens is 276 g/mol. The average Bonchev–Trinajstić information content (AvgIpc) is 2.34. The van der Waals surface area contributed by atoms with Crippen LogP contribution in [0.1, 0.15) is 27.2 Å². The van der Waals surface area contributed by atoms with Crippen molar-refractivity contribution in [1.29, 1.82) is 5.26 Å². The average molecular weight is 296 g/mol. The number of ether oxygens (including phenoxy) is 1. The van der Waals surface area contributed by atoms with Gasteiger partial charge in [-0.15, -0.1) is 0 Å². The summed E-state index contributed by atoms with van der Waals surface area (Å²) in [5.41, 5.74) is 0.308. The molecule has 1 aromatic rings. The lowest BCUT2D eigenvalue weighted by Gasteiger charge is -2.18. The van der Waals surface area contributed by atoms with Crippen LogP contribution in [0.5, 0.6) is 5.75 Å². The molecule has 0 amide bonds. The number of anilines is 1. The van der Waals surface area contributed by atoms with E-state index in [2.05, 4.69) is 4.72 Å². The van der Waals surface area contributed by atoms with E-state index in [1.54, 1.807) is 24.3 Å². The predicted octanol–water partition coefficient (Wildman–Crippen LogP) is 2.77. The number of nitriles is 1. The van der Waals surface area contributed by atoms with Crippen LogP contribution in [0.4, 0.5) is 5.69 Å². The standard InChI is InChI=1S/C14H20N2O3S/c1-14(2,3)8-11-20(17,18)16-12-6-4-5-7-13(12)19-10-9-15/h4-7,16H,8,10-11H2,1-3H3. The van der Waals surface area contributed by atoms with E-state index in [1.807, 2.05) is 26.8 Å². The van der Waals surface area contributed by atoms with Crippen molar-refractivity contribution < 1.29 is 13.2 Å². The molecule has 5 nitrogen and oxygen atoms in total. The Hall–Kier alpha value is -1.74. The van der Waals surface area contributed by atoms with Crippen LogP contribution in [0.2, 0.25) is 0 Å². The van der Waals surface area contributed by atoms with E-state index in [0.717, 1.165) is 0 Å². The molecule has 0 radical (unpaired) electrons. The van der Waals surface area contributed by atoms with Crippen molar-refractivity contribution >= 4 is 15.7 Å². The molecule has 0 fully saturated rings. The molecule has 0 spiro atoms. The van der Waals surface area contributed by atoms with Gasteiger partial charge in [-0.1, -0.05) is 32.9 Å². The molecule has 0 unspecified atom stereocenters. The Bertz CT molecular complexity index is 583. The fourth-order valence-corrected chi connectivity index (χ4v) is 2.93. The number of sulfonamides is 1. The molecular formula is C14H20N2O3S. The molecule has 1 aromatic carbocycles. The number of para-hydroxylation sites is 2. The molecule has 110 valence electrons. The van der Waals surface area contributed by atoms with Crippen molar-refractivity contribution in [2.75, 3.05) is 17.1 Å². The lowest BCUT2D eigenvalue weighted by Crippen LogP contribution is -2.21. The van der Waals surface area contributed by atoms with Crippen LogP contribution in [0, 0.1) is 16.7 Å². The maximum absolute atomic E-state index is 12.0. The van der Waals surface area contributed by atoms with E-state index in [9.17, 15) is 8.42 Å². The van der Waals surface area contributed by atoms with E-state index >= 15 is 0 Å². The van der Waals surface area contributed by atoms with Gasteiger partial charge in [0.25, 0.3) is 0 Å². The summed E-state index contributed by atoms with van der Waals surface area (Å²) in [6.45, 7) is 5.85. The third-order valence-electron chi connectivity index (χ3n) is 2.57. The summed E-state index contributed by atoms with van der Waals surface area (Å²) in [5.74, 6) is 0.400. The summed E-state index contributed by atoms with van der Waals surface area (Å²) in [6.07, 6.45) is 0.559. The number of hydrogen-bond donors (Lipinski definition) is 1. The van der Waals surface area contributed by atoms with E-state index in [4.69, 9.17) is 10.00 Å². The second-order valence-corrected chi connectivity index (χ2v) is 7.52. The van der Waals surface area contributed by atoms with Crippen LogP contribution in [0.15, 0.2) is 24.3 Å². The molecule has 0 aliphatic heterocycles. The molecule has 0 heterocycles. The molecule has 0 bridgehead atoms. The van der Waals surface area contributed by atoms with Gasteiger partial charge in [-0.3, -0.25) is 4.72 Å². The Labute approximate surface area is 120 Å². The Morgan fingerprint density at radius 1 is 1.30 bits per heavy atom. The van der Waals surface area contributed by atoms with Crippen molar-refractivity contribution in [2.24, 2.45) is 5.41 Å². The number of rotatable bonds is 6. The van der Waals surface area contributed by atoms with E-state index in [-0.39, 0.29) is 17.8 Å². The van der Waals surface area contributed by atoms with Crippen LogP contribution in [-0.2, 0) is 10.0 Å². The second kappa shape index (κ2) is 6.62. The smallest absolute Gasteiger partial charge is 0.232 e. The number of hydrogen-bond acceptors (Lipinski definition) is 4. The Morgan fingerprint density at radius 2 is 1.95 bits per heavy atom. The topological polar surface area (TPSA) is 79.2 Å². The zero-order valence-corrected chi connectivity index (χ0v) is 12.8. The van der Waals surface area contributed by atoms with Gasteiger partial charge >= 0.3 is 0 Å². The summed E-state index contributed by atoms with van der Waals surface area (Å²) in [6, 6.07) is 8.52. The fourth-order valence-electron chi connectivity index (χ4n) is 1.45. The van der Waals surface area contributed by atoms with Gasteiger partial charge in [0.05, 0.1) is 11.4 Å². The molecule has 0 aliphatic carbocycles. The highest BCUT2D eigenvalue weighted by Crippen LogP contribution is 2.26. The van der Waals surface area contributed by atoms with Gasteiger partial charge in [-0.05, 0) is 24.0 Å². The maximum Gasteiger partial charge on any atom is 0.232 e. The molecule has 0 aliphatic rings. The molecule has 0 atom stereocenters. The lowest BCUT2D eigenvalue weighted by atomic mass is 9.94. The van der Waals surface area contributed by atoms with E-state index in [0.29, 0.717) is 17.9 Å². The minimum atomic E-state index is -3.43. The Morgan fingerprint density at radius 3 is 2.55 bits per heavy atom. The number of nitrogens with one attached hydrogen (secondary N) is 1. The van der Waals surface area contributed by atoms with Crippen molar-refractivity contribution in [1.82, 2.24) is 0 Å². The van der Waals surface area contributed by atoms with Crippen LogP contribution in [0.3, 0.4) is 0 Å². The highest BCUT2D eigenvalue weighted by atomic mass is 32.2. The van der Waals surface area contributed by atoms with Crippen LogP contribution in [0.25, 0.3) is 0 Å². The SMILES string of the molecule is CC(C)(C)CCS(=O)(=O)Nc1ccccc1OCC#N. The third-order valence-corrected chi connectivity index (χ3v) is 3.84. The molecule has 6 heteroatoms. The largest absolute Gasteiger partial charge is 0.477 e. The zero-order valence-electron chi connectivity index (χ0n) is 12.0. The minimum absolute atomic E-state index is 0.0447. The van der Waals surface area contributed by atoms with Gasteiger partial charge in [-0.25, -0.2) is 8.42 Å². The first-order chi connectivity index (χ1) is 9.23. The highest BCUT2D eigenvalue weighted by molar-refractivity contribution is 7.92. The number of benzene rings is 1. The summed E-state index contributed by atoms with van der Waals surface area (Å²) >= 11 is 0. The van der Waals surface area contributed by atoms with Crippen LogP contribution in [-0.4, -0.2) is 20.8 Å². The monoisotopic (exact) mass is 296 g/mol. The van der Waals surface area contributed by atoms with Crippen molar-refractivity contribution in [2.45, 2.75) is 27.2 Å². The summed E-state index contributed by atoms with van der Waals surface area (Å²) in [7, 11) is -3.43. The zero-order chi connectivity index (χ0) is 15.2. The second-order valence-electron chi connectivity index (χ2n) is 5.67. The first kappa shape index (κ1) is 16.3. The van der Waals surface area contributed by atoms with Crippen LogP contribution >= 0.6 is 0 Å². The summed E-state index contributed by atoms with van der Waals surface area (Å²) in [4.78, 5) is 0. The van der Waals surface area contributed by atoms with Gasteiger partial charge in [0.15, 0.2) is 6.61 Å². The lowest BCUT2D eigenvalue weighted by molar-refractivity contribution is 0.370. The summed E-state index contributed by atoms with van der Waals surface area (Å²) < 4.78 is 31.8. The van der Waals surface area contributed by atoms with Crippen molar-refractivity contribution in [3.63, 3.8) is 0 Å². The normalized spacial score (nSPS) is 11.7.